The molecule has 4 rings (SSSR count). The van der Waals surface area contributed by atoms with Crippen LogP contribution in [-0.2, 0) is 44.6 Å². The second-order valence-corrected chi connectivity index (χ2v) is 14.9. The van der Waals surface area contributed by atoms with Gasteiger partial charge in [-0.15, -0.1) is 0 Å². The minimum Gasteiger partial charge on any atom is -0.497 e. The van der Waals surface area contributed by atoms with Crippen molar-refractivity contribution in [3.63, 3.8) is 0 Å². The van der Waals surface area contributed by atoms with Crippen LogP contribution < -0.4 is 14.4 Å². The largest absolute Gasteiger partial charge is 0.497 e. The monoisotopic (exact) mass is 708 g/mol. The van der Waals surface area contributed by atoms with Gasteiger partial charge >= 0.3 is 6.09 Å². The van der Waals surface area contributed by atoms with Crippen LogP contribution in [0.5, 0.6) is 11.5 Å². The molecule has 49 heavy (non-hydrogen) atoms. The molecule has 0 N–H and O–H groups in total. The minimum atomic E-state index is -3.79. The molecule has 0 saturated carbocycles. The van der Waals surface area contributed by atoms with Gasteiger partial charge in [0, 0.05) is 33.3 Å². The molecule has 274 valence electrons. The standard InChI is InChI=1S/C35H52N2O11S/c1-35(2,3)47-34(38)37-20-31(45-22-25-9-14-30-29(19-25)36(16-18-44-30)15-8-17-41-4)33(26-10-12-27(43-6)13-11-26)32(21-37)46-24-28(23-42-5)48-49(7,39)40/h9-14,19,28,31-33H,8,15-18,20-24H2,1-7H3/t28-,31+,32-,33-/m1/s1. The predicted molar refractivity (Wildman–Crippen MR) is 184 cm³/mol. The first-order valence-corrected chi connectivity index (χ1v) is 18.3. The van der Waals surface area contributed by atoms with E-state index >= 15 is 0 Å². The number of carbonyl (C=O) groups excluding carboxylic acids is 1. The van der Waals surface area contributed by atoms with E-state index in [1.165, 1.54) is 7.11 Å². The first kappa shape index (κ1) is 38.7. The summed E-state index contributed by atoms with van der Waals surface area (Å²) in [6.45, 7) is 8.92. The van der Waals surface area contributed by atoms with Crippen molar-refractivity contribution < 1.29 is 50.6 Å². The van der Waals surface area contributed by atoms with Crippen molar-refractivity contribution in [2.45, 2.75) is 63.6 Å². The van der Waals surface area contributed by atoms with E-state index in [0.717, 1.165) is 48.3 Å². The normalized spacial score (nSPS) is 20.3. The fraction of sp³-hybridized carbons (Fsp3) is 0.629. The lowest BCUT2D eigenvalue weighted by Crippen LogP contribution is -2.55. The molecule has 4 atom stereocenters. The number of nitrogens with zero attached hydrogens (tertiary/aromatic N) is 2. The van der Waals surface area contributed by atoms with Gasteiger partial charge in [0.2, 0.25) is 0 Å². The van der Waals surface area contributed by atoms with Crippen molar-refractivity contribution in [2.24, 2.45) is 0 Å². The number of benzene rings is 2. The molecule has 2 aliphatic heterocycles. The number of likely N-dealkylation sites (tertiary alicyclic amines) is 1. The molecule has 2 aromatic carbocycles. The number of methoxy groups -OCH3 is 3. The van der Waals surface area contributed by atoms with Crippen molar-refractivity contribution in [2.75, 3.05) is 85.1 Å². The highest BCUT2D eigenvalue weighted by atomic mass is 32.2. The molecular formula is C35H52N2O11S. The van der Waals surface area contributed by atoms with Gasteiger partial charge in [-0.1, -0.05) is 18.2 Å². The topological polar surface area (TPSA) is 132 Å². The van der Waals surface area contributed by atoms with Crippen LogP contribution in [0.2, 0.25) is 0 Å². The molecule has 14 heteroatoms. The first-order chi connectivity index (χ1) is 23.3. The van der Waals surface area contributed by atoms with Crippen LogP contribution in [0.15, 0.2) is 42.5 Å². The molecular weight excluding hydrogens is 656 g/mol. The summed E-state index contributed by atoms with van der Waals surface area (Å²) in [6.07, 6.45) is -0.656. The molecule has 13 nitrogen and oxygen atoms in total. The Kier molecular flexibility index (Phi) is 14.0. The van der Waals surface area contributed by atoms with Crippen LogP contribution in [0.25, 0.3) is 0 Å². The van der Waals surface area contributed by atoms with E-state index in [1.807, 2.05) is 57.2 Å². The van der Waals surface area contributed by atoms with Gasteiger partial charge in [0.05, 0.1) is 70.7 Å². The average molecular weight is 709 g/mol. The number of anilines is 1. The predicted octanol–water partition coefficient (Wildman–Crippen LogP) is 4.23. The maximum Gasteiger partial charge on any atom is 0.410 e. The zero-order chi connectivity index (χ0) is 35.6. The van der Waals surface area contributed by atoms with Crippen LogP contribution in [0.1, 0.15) is 44.2 Å². The SMILES string of the molecule is COCCCN1CCOc2ccc(CO[C@H]3CN(C(=O)OC(C)(C)C)C[C@@H](OC[C@@H](COC)OS(C)(=O)=O)[C@@H]3c3ccc(OC)cc3)cc21. The zero-order valence-electron chi connectivity index (χ0n) is 29.7. The number of ether oxygens (including phenoxy) is 7. The summed E-state index contributed by atoms with van der Waals surface area (Å²) < 4.78 is 69.9. The van der Waals surface area contributed by atoms with Crippen LogP contribution in [0.3, 0.4) is 0 Å². The lowest BCUT2D eigenvalue weighted by atomic mass is 9.84. The summed E-state index contributed by atoms with van der Waals surface area (Å²) in [7, 11) is 0.978. The molecule has 0 bridgehead atoms. The summed E-state index contributed by atoms with van der Waals surface area (Å²) in [5, 5.41) is 0. The van der Waals surface area contributed by atoms with E-state index in [2.05, 4.69) is 11.0 Å². The Bertz CT molecular complexity index is 1450. The van der Waals surface area contributed by atoms with Gasteiger partial charge in [-0.3, -0.25) is 4.18 Å². The smallest absolute Gasteiger partial charge is 0.410 e. The number of rotatable bonds is 16. The Morgan fingerprint density at radius 3 is 2.33 bits per heavy atom. The summed E-state index contributed by atoms with van der Waals surface area (Å²) in [4.78, 5) is 17.3. The summed E-state index contributed by atoms with van der Waals surface area (Å²) >= 11 is 0. The maximum atomic E-state index is 13.5. The third-order valence-corrected chi connectivity index (χ3v) is 8.76. The molecule has 1 fully saturated rings. The van der Waals surface area contributed by atoms with Crippen molar-refractivity contribution >= 4 is 21.9 Å². The van der Waals surface area contributed by atoms with Crippen LogP contribution in [0, 0.1) is 0 Å². The fourth-order valence-electron chi connectivity index (χ4n) is 6.03. The molecule has 1 amide bonds. The van der Waals surface area contributed by atoms with Crippen molar-refractivity contribution in [3.8, 4) is 11.5 Å². The van der Waals surface area contributed by atoms with Crippen LogP contribution in [0.4, 0.5) is 10.5 Å². The lowest BCUT2D eigenvalue weighted by Gasteiger charge is -2.44. The minimum absolute atomic E-state index is 0.00672. The zero-order valence-corrected chi connectivity index (χ0v) is 30.5. The third-order valence-electron chi connectivity index (χ3n) is 8.14. The number of hydrogen-bond acceptors (Lipinski definition) is 12. The van der Waals surface area contributed by atoms with Crippen molar-refractivity contribution in [3.05, 3.63) is 53.6 Å². The van der Waals surface area contributed by atoms with Gasteiger partial charge in [-0.25, -0.2) is 4.79 Å². The Balaban J connectivity index is 1.64. The second kappa shape index (κ2) is 17.7. The first-order valence-electron chi connectivity index (χ1n) is 16.5. The second-order valence-electron chi connectivity index (χ2n) is 13.3. The molecule has 0 unspecified atom stereocenters. The summed E-state index contributed by atoms with van der Waals surface area (Å²) in [5.74, 6) is 1.17. The maximum absolute atomic E-state index is 13.5. The highest BCUT2D eigenvalue weighted by molar-refractivity contribution is 7.86. The Hall–Kier alpha value is -3.14. The molecule has 1 saturated heterocycles. The number of fused-ring (bicyclic) bond motifs is 1. The van der Waals surface area contributed by atoms with E-state index in [4.69, 9.17) is 37.3 Å². The van der Waals surface area contributed by atoms with E-state index in [1.54, 1.807) is 19.1 Å². The lowest BCUT2D eigenvalue weighted by molar-refractivity contribution is -0.109. The Morgan fingerprint density at radius 1 is 0.980 bits per heavy atom. The molecule has 0 aliphatic carbocycles. The van der Waals surface area contributed by atoms with E-state index in [-0.39, 0.29) is 38.8 Å². The van der Waals surface area contributed by atoms with Crippen molar-refractivity contribution in [1.82, 2.24) is 4.90 Å². The fourth-order valence-corrected chi connectivity index (χ4v) is 6.64. The van der Waals surface area contributed by atoms with E-state index in [0.29, 0.717) is 19.0 Å². The molecule has 2 aromatic rings. The van der Waals surface area contributed by atoms with Crippen LogP contribution >= 0.6 is 0 Å². The molecule has 2 heterocycles. The summed E-state index contributed by atoms with van der Waals surface area (Å²) in [6, 6.07) is 13.7. The van der Waals surface area contributed by atoms with Crippen LogP contribution in [-0.4, -0.2) is 124 Å². The Morgan fingerprint density at radius 2 is 1.69 bits per heavy atom. The Labute approximate surface area is 290 Å². The molecule has 2 aliphatic rings. The summed E-state index contributed by atoms with van der Waals surface area (Å²) in [5.41, 5.74) is 2.15. The average Bonchev–Trinajstić information content (AvgIpc) is 3.05. The van der Waals surface area contributed by atoms with Gasteiger partial charge in [0.1, 0.15) is 29.8 Å². The molecule has 0 aromatic heterocycles. The van der Waals surface area contributed by atoms with Gasteiger partial charge < -0.3 is 43.0 Å². The highest BCUT2D eigenvalue weighted by Crippen LogP contribution is 2.37. The third kappa shape index (κ3) is 11.7. The highest BCUT2D eigenvalue weighted by Gasteiger charge is 2.42. The molecule has 0 radical (unpaired) electrons. The number of hydrogen-bond donors (Lipinski definition) is 0. The van der Waals surface area contributed by atoms with E-state index in [9.17, 15) is 13.2 Å². The quantitative estimate of drug-likeness (QED) is 0.183. The van der Waals surface area contributed by atoms with Crippen molar-refractivity contribution in [1.29, 1.82) is 0 Å². The van der Waals surface area contributed by atoms with Gasteiger partial charge in [-0.2, -0.15) is 8.42 Å². The number of piperidine rings is 1. The number of carbonyl (C=O) groups is 1. The van der Waals surface area contributed by atoms with Gasteiger partial charge in [0.25, 0.3) is 10.1 Å². The van der Waals surface area contributed by atoms with Gasteiger partial charge in [0.15, 0.2) is 0 Å². The number of amides is 1. The molecule has 0 spiro atoms. The van der Waals surface area contributed by atoms with E-state index < -0.39 is 40.1 Å². The van der Waals surface area contributed by atoms with Gasteiger partial charge in [-0.05, 0) is 62.6 Å².